The number of methoxy groups -OCH3 is 2. The molecule has 0 spiro atoms. The van der Waals surface area contributed by atoms with Crippen LogP contribution in [0.4, 0.5) is 0 Å². The average Bonchev–Trinajstić information content (AvgIpc) is 2.78. The molecule has 0 saturated carbocycles. The molecule has 0 bridgehead atoms. The number of carbonyl (C=O) groups is 1. The van der Waals surface area contributed by atoms with Crippen molar-refractivity contribution in [3.63, 3.8) is 0 Å². The number of aryl methyl sites for hydroxylation is 1. The van der Waals surface area contributed by atoms with Crippen LogP contribution >= 0.6 is 0 Å². The Labute approximate surface area is 182 Å². The first-order valence-corrected chi connectivity index (χ1v) is 10.4. The van der Waals surface area contributed by atoms with Gasteiger partial charge in [-0.05, 0) is 62.6 Å². The zero-order chi connectivity index (χ0) is 22.5. The minimum Gasteiger partial charge on any atom is -0.497 e. The summed E-state index contributed by atoms with van der Waals surface area (Å²) >= 11 is 0. The van der Waals surface area contributed by atoms with Gasteiger partial charge in [0.2, 0.25) is 5.91 Å². The van der Waals surface area contributed by atoms with Crippen molar-refractivity contribution in [2.24, 2.45) is 0 Å². The van der Waals surface area contributed by atoms with Crippen LogP contribution in [0.15, 0.2) is 51.7 Å². The van der Waals surface area contributed by atoms with Gasteiger partial charge in [0.15, 0.2) is 0 Å². The Balaban J connectivity index is 1.80. The lowest BCUT2D eigenvalue weighted by Crippen LogP contribution is -2.34. The monoisotopic (exact) mass is 423 g/mol. The first-order valence-electron chi connectivity index (χ1n) is 10.4. The van der Waals surface area contributed by atoms with Crippen LogP contribution in [0.5, 0.6) is 11.5 Å². The summed E-state index contributed by atoms with van der Waals surface area (Å²) in [6.07, 6.45) is 0.561. The van der Waals surface area contributed by atoms with E-state index in [0.717, 1.165) is 22.3 Å². The lowest BCUT2D eigenvalue weighted by Gasteiger charge is -2.29. The summed E-state index contributed by atoms with van der Waals surface area (Å²) in [6, 6.07) is 13.0. The summed E-state index contributed by atoms with van der Waals surface area (Å²) in [5.74, 6) is 1.38. The van der Waals surface area contributed by atoms with Gasteiger partial charge >= 0.3 is 5.63 Å². The molecular formula is C25H29NO5. The Bertz CT molecular complexity index is 1130. The fourth-order valence-corrected chi connectivity index (χ4v) is 3.91. The molecule has 6 nitrogen and oxygen atoms in total. The molecule has 0 saturated heterocycles. The van der Waals surface area contributed by atoms with Crippen LogP contribution in [0, 0.1) is 6.92 Å². The fraction of sp³-hybridized carbons (Fsp3) is 0.360. The molecule has 3 rings (SSSR count). The van der Waals surface area contributed by atoms with Gasteiger partial charge in [-0.15, -0.1) is 0 Å². The van der Waals surface area contributed by atoms with E-state index in [1.165, 1.54) is 0 Å². The topological polar surface area (TPSA) is 69.0 Å². The fourth-order valence-electron chi connectivity index (χ4n) is 3.91. The SMILES string of the molecule is CCN(C(=O)CCc1c(C)c2ccc(OC)cc2oc1=O)C(C)c1cccc(OC)c1. The third kappa shape index (κ3) is 4.74. The highest BCUT2D eigenvalue weighted by Gasteiger charge is 2.21. The average molecular weight is 424 g/mol. The summed E-state index contributed by atoms with van der Waals surface area (Å²) in [7, 11) is 3.19. The van der Waals surface area contributed by atoms with Crippen LogP contribution < -0.4 is 15.1 Å². The van der Waals surface area contributed by atoms with Gasteiger partial charge in [-0.1, -0.05) is 12.1 Å². The molecule has 0 N–H and O–H groups in total. The predicted octanol–water partition coefficient (Wildman–Crippen LogP) is 4.66. The zero-order valence-corrected chi connectivity index (χ0v) is 18.7. The van der Waals surface area contributed by atoms with E-state index in [9.17, 15) is 9.59 Å². The Kier molecular flexibility index (Phi) is 7.00. The highest BCUT2D eigenvalue weighted by Crippen LogP contribution is 2.26. The third-order valence-corrected chi connectivity index (χ3v) is 5.79. The van der Waals surface area contributed by atoms with Gasteiger partial charge in [0.05, 0.1) is 20.3 Å². The van der Waals surface area contributed by atoms with E-state index in [1.54, 1.807) is 20.3 Å². The Morgan fingerprint density at radius 3 is 2.48 bits per heavy atom. The number of hydrogen-bond acceptors (Lipinski definition) is 5. The second-order valence-corrected chi connectivity index (χ2v) is 7.49. The van der Waals surface area contributed by atoms with Crippen LogP contribution in [0.3, 0.4) is 0 Å². The van der Waals surface area contributed by atoms with Crippen LogP contribution in [-0.2, 0) is 11.2 Å². The number of amides is 1. The minimum absolute atomic E-state index is 0.00792. The normalized spacial score (nSPS) is 11.9. The largest absolute Gasteiger partial charge is 0.497 e. The Hall–Kier alpha value is -3.28. The number of hydrogen-bond donors (Lipinski definition) is 0. The number of ether oxygens (including phenoxy) is 2. The molecular weight excluding hydrogens is 394 g/mol. The van der Waals surface area contributed by atoms with E-state index in [2.05, 4.69) is 0 Å². The number of benzene rings is 2. The van der Waals surface area contributed by atoms with Gasteiger partial charge in [-0.3, -0.25) is 4.79 Å². The Morgan fingerprint density at radius 1 is 1.10 bits per heavy atom. The molecule has 1 atom stereocenters. The maximum Gasteiger partial charge on any atom is 0.339 e. The molecule has 1 amide bonds. The van der Waals surface area contributed by atoms with E-state index in [-0.39, 0.29) is 18.4 Å². The molecule has 0 aliphatic rings. The van der Waals surface area contributed by atoms with Gasteiger partial charge in [-0.2, -0.15) is 0 Å². The van der Waals surface area contributed by atoms with Crippen molar-refractivity contribution in [3.8, 4) is 11.5 Å². The third-order valence-electron chi connectivity index (χ3n) is 5.79. The van der Waals surface area contributed by atoms with E-state index >= 15 is 0 Å². The van der Waals surface area contributed by atoms with Gasteiger partial charge in [0.1, 0.15) is 17.1 Å². The molecule has 1 aromatic heterocycles. The van der Waals surface area contributed by atoms with Crippen LogP contribution in [0.25, 0.3) is 11.0 Å². The van der Waals surface area contributed by atoms with E-state index < -0.39 is 5.63 Å². The van der Waals surface area contributed by atoms with E-state index in [1.807, 2.05) is 62.1 Å². The molecule has 1 unspecified atom stereocenters. The molecule has 0 aliphatic carbocycles. The molecule has 31 heavy (non-hydrogen) atoms. The minimum atomic E-state index is -0.407. The van der Waals surface area contributed by atoms with E-state index in [4.69, 9.17) is 13.9 Å². The predicted molar refractivity (Wildman–Crippen MR) is 121 cm³/mol. The van der Waals surface area contributed by atoms with E-state index in [0.29, 0.717) is 29.9 Å². The number of rotatable bonds is 8. The van der Waals surface area contributed by atoms with Gasteiger partial charge in [0.25, 0.3) is 0 Å². The molecule has 1 heterocycles. The highest BCUT2D eigenvalue weighted by atomic mass is 16.5. The van der Waals surface area contributed by atoms with Crippen LogP contribution in [-0.4, -0.2) is 31.6 Å². The van der Waals surface area contributed by atoms with Crippen LogP contribution in [0.2, 0.25) is 0 Å². The van der Waals surface area contributed by atoms with Crippen LogP contribution in [0.1, 0.15) is 43.0 Å². The number of nitrogens with zero attached hydrogens (tertiary/aromatic N) is 1. The molecule has 0 aliphatic heterocycles. The first-order chi connectivity index (χ1) is 14.9. The molecule has 6 heteroatoms. The summed E-state index contributed by atoms with van der Waals surface area (Å²) in [5.41, 5.74) is 2.46. The van der Waals surface area contributed by atoms with Crippen molar-refractivity contribution in [3.05, 3.63) is 69.6 Å². The molecule has 2 aromatic carbocycles. The zero-order valence-electron chi connectivity index (χ0n) is 18.7. The molecule has 164 valence electrons. The second kappa shape index (κ2) is 9.69. The maximum atomic E-state index is 13.0. The lowest BCUT2D eigenvalue weighted by molar-refractivity contribution is -0.133. The van der Waals surface area contributed by atoms with Gasteiger partial charge < -0.3 is 18.8 Å². The number of fused-ring (bicyclic) bond motifs is 1. The maximum absolute atomic E-state index is 13.0. The quantitative estimate of drug-likeness (QED) is 0.493. The standard InChI is InChI=1S/C25H29NO5/c1-6-26(17(3)18-8-7-9-19(14-18)29-4)24(27)13-12-22-16(2)21-11-10-20(30-5)15-23(21)31-25(22)28/h7-11,14-15,17H,6,12-13H2,1-5H3. The summed E-state index contributed by atoms with van der Waals surface area (Å²) in [6.45, 7) is 6.42. The Morgan fingerprint density at radius 2 is 1.81 bits per heavy atom. The van der Waals surface area contributed by atoms with Crippen molar-refractivity contribution >= 4 is 16.9 Å². The highest BCUT2D eigenvalue weighted by molar-refractivity contribution is 5.83. The molecule has 0 fully saturated rings. The summed E-state index contributed by atoms with van der Waals surface area (Å²) in [5, 5.41) is 0.847. The van der Waals surface area contributed by atoms with Crippen molar-refractivity contribution in [1.82, 2.24) is 4.90 Å². The van der Waals surface area contributed by atoms with Gasteiger partial charge in [-0.25, -0.2) is 4.79 Å². The van der Waals surface area contributed by atoms with Crippen molar-refractivity contribution in [2.75, 3.05) is 20.8 Å². The second-order valence-electron chi connectivity index (χ2n) is 7.49. The summed E-state index contributed by atoms with van der Waals surface area (Å²) < 4.78 is 16.0. The first kappa shape index (κ1) is 22.4. The molecule has 0 radical (unpaired) electrons. The molecule has 3 aromatic rings. The van der Waals surface area contributed by atoms with Crippen molar-refractivity contribution < 1.29 is 18.7 Å². The van der Waals surface area contributed by atoms with Gasteiger partial charge in [0, 0.05) is 30.0 Å². The lowest BCUT2D eigenvalue weighted by atomic mass is 10.0. The smallest absolute Gasteiger partial charge is 0.339 e. The van der Waals surface area contributed by atoms with Crippen molar-refractivity contribution in [1.29, 1.82) is 0 Å². The summed E-state index contributed by atoms with van der Waals surface area (Å²) in [4.78, 5) is 27.4. The van der Waals surface area contributed by atoms with Crippen molar-refractivity contribution in [2.45, 2.75) is 39.7 Å². The number of carbonyl (C=O) groups excluding carboxylic acids is 1.